The van der Waals surface area contributed by atoms with Crippen molar-refractivity contribution < 1.29 is 0 Å². The summed E-state index contributed by atoms with van der Waals surface area (Å²) >= 11 is 0. The van der Waals surface area contributed by atoms with Gasteiger partial charge < -0.3 is 5.73 Å². The minimum atomic E-state index is 0.552. The number of nitrogens with two attached hydrogens (primary N) is 1. The van der Waals surface area contributed by atoms with Gasteiger partial charge in [0.05, 0.1) is 5.69 Å². The third-order valence-corrected chi connectivity index (χ3v) is 2.74. The minimum absolute atomic E-state index is 0.552. The minimum Gasteiger partial charge on any atom is -0.387 e. The number of hydrogen-bond donors (Lipinski definition) is 1. The second kappa shape index (κ2) is 3.45. The highest BCUT2D eigenvalue weighted by Crippen LogP contribution is 2.30. The van der Waals surface area contributed by atoms with Crippen molar-refractivity contribution in [3.05, 3.63) is 29.3 Å². The Hall–Kier alpha value is -1.31. The molecule has 0 unspecified atom stereocenters. The van der Waals surface area contributed by atoms with Gasteiger partial charge in [0.2, 0.25) is 0 Å². The molecule has 1 aliphatic rings. The molecule has 1 saturated carbocycles. The summed E-state index contributed by atoms with van der Waals surface area (Å²) in [5.74, 6) is 1.35. The van der Waals surface area contributed by atoms with E-state index < -0.39 is 0 Å². The van der Waals surface area contributed by atoms with Crippen LogP contribution in [0.2, 0.25) is 0 Å². The van der Waals surface area contributed by atoms with E-state index in [-0.39, 0.29) is 0 Å². The molecule has 0 radical (unpaired) electrons. The fourth-order valence-corrected chi connectivity index (χ4v) is 1.41. The maximum atomic E-state index is 5.85. The average molecular weight is 188 g/mol. The number of rotatable bonds is 2. The van der Waals surface area contributed by atoms with Crippen LogP contribution in [0.4, 0.5) is 5.69 Å². The van der Waals surface area contributed by atoms with Gasteiger partial charge in [-0.05, 0) is 49.9 Å². The zero-order chi connectivity index (χ0) is 10.1. The highest BCUT2D eigenvalue weighted by Gasteiger charge is 2.25. The first-order valence-corrected chi connectivity index (χ1v) is 5.08. The summed E-state index contributed by atoms with van der Waals surface area (Å²) in [5, 5.41) is 0. The largest absolute Gasteiger partial charge is 0.387 e. The third kappa shape index (κ3) is 1.95. The molecule has 2 rings (SSSR count). The summed E-state index contributed by atoms with van der Waals surface area (Å²) < 4.78 is 0. The van der Waals surface area contributed by atoms with Crippen LogP contribution >= 0.6 is 0 Å². The molecule has 1 fully saturated rings. The molecule has 1 aromatic carbocycles. The molecular formula is C12H16N2. The molecule has 0 amide bonds. The van der Waals surface area contributed by atoms with Gasteiger partial charge >= 0.3 is 0 Å². The number of aliphatic imine (C=N–C) groups is 1. The monoisotopic (exact) mass is 188 g/mol. The van der Waals surface area contributed by atoms with Crippen LogP contribution in [0, 0.1) is 19.8 Å². The standard InChI is InChI=1S/C12H16N2/c1-8-3-6-11(7-9(8)2)14-12(13)10-4-5-10/h3,6-7,10H,4-5H2,1-2H3,(H2,13,14). The molecule has 2 N–H and O–H groups in total. The second-order valence-corrected chi connectivity index (χ2v) is 4.08. The van der Waals surface area contributed by atoms with Crippen LogP contribution in [0.15, 0.2) is 23.2 Å². The molecule has 0 aliphatic heterocycles. The van der Waals surface area contributed by atoms with Gasteiger partial charge in [-0.3, -0.25) is 0 Å². The average Bonchev–Trinajstić information content (AvgIpc) is 2.94. The third-order valence-electron chi connectivity index (χ3n) is 2.74. The second-order valence-electron chi connectivity index (χ2n) is 4.08. The van der Waals surface area contributed by atoms with Crippen molar-refractivity contribution in [1.82, 2.24) is 0 Å². The Morgan fingerprint density at radius 1 is 1.29 bits per heavy atom. The first kappa shape index (κ1) is 9.25. The number of hydrogen-bond acceptors (Lipinski definition) is 1. The van der Waals surface area contributed by atoms with E-state index >= 15 is 0 Å². The van der Waals surface area contributed by atoms with Gasteiger partial charge in [-0.2, -0.15) is 0 Å². The molecule has 0 bridgehead atoms. The molecule has 1 aromatic rings. The maximum absolute atomic E-state index is 5.85. The van der Waals surface area contributed by atoms with E-state index in [1.165, 1.54) is 24.0 Å². The predicted octanol–water partition coefficient (Wildman–Crippen LogP) is 2.70. The Morgan fingerprint density at radius 3 is 2.57 bits per heavy atom. The Balaban J connectivity index is 2.24. The van der Waals surface area contributed by atoms with E-state index in [9.17, 15) is 0 Å². The van der Waals surface area contributed by atoms with Crippen molar-refractivity contribution in [1.29, 1.82) is 0 Å². The van der Waals surface area contributed by atoms with Crippen molar-refractivity contribution in [3.63, 3.8) is 0 Å². The van der Waals surface area contributed by atoms with Gasteiger partial charge in [-0.25, -0.2) is 4.99 Å². The molecule has 14 heavy (non-hydrogen) atoms. The Labute approximate surface area is 84.9 Å². The van der Waals surface area contributed by atoms with Crippen LogP contribution in [0.1, 0.15) is 24.0 Å². The van der Waals surface area contributed by atoms with Crippen LogP contribution in [-0.2, 0) is 0 Å². The summed E-state index contributed by atoms with van der Waals surface area (Å²) in [5.41, 5.74) is 9.41. The molecular weight excluding hydrogens is 172 g/mol. The van der Waals surface area contributed by atoms with Crippen molar-refractivity contribution in [3.8, 4) is 0 Å². The number of aryl methyl sites for hydroxylation is 2. The van der Waals surface area contributed by atoms with E-state index in [1.54, 1.807) is 0 Å². The lowest BCUT2D eigenvalue weighted by Crippen LogP contribution is -2.12. The summed E-state index contributed by atoms with van der Waals surface area (Å²) in [6.07, 6.45) is 2.42. The van der Waals surface area contributed by atoms with Crippen LogP contribution in [0.5, 0.6) is 0 Å². The lowest BCUT2D eigenvalue weighted by atomic mass is 10.1. The normalized spacial score (nSPS) is 17.1. The molecule has 74 valence electrons. The number of nitrogens with zero attached hydrogens (tertiary/aromatic N) is 1. The SMILES string of the molecule is Cc1ccc(N=C(N)C2CC2)cc1C. The lowest BCUT2D eigenvalue weighted by Gasteiger charge is -2.02. The highest BCUT2D eigenvalue weighted by molar-refractivity contribution is 5.87. The Kier molecular flexibility index (Phi) is 2.28. The molecule has 2 heteroatoms. The summed E-state index contributed by atoms with van der Waals surface area (Å²) in [7, 11) is 0. The number of amidine groups is 1. The molecule has 0 saturated heterocycles. The van der Waals surface area contributed by atoms with E-state index in [1.807, 2.05) is 6.07 Å². The fourth-order valence-electron chi connectivity index (χ4n) is 1.41. The summed E-state index contributed by atoms with van der Waals surface area (Å²) in [6, 6.07) is 6.20. The lowest BCUT2D eigenvalue weighted by molar-refractivity contribution is 1.15. The van der Waals surface area contributed by atoms with Gasteiger partial charge in [0.25, 0.3) is 0 Å². The van der Waals surface area contributed by atoms with Crippen molar-refractivity contribution in [2.75, 3.05) is 0 Å². The van der Waals surface area contributed by atoms with Gasteiger partial charge in [0.1, 0.15) is 5.84 Å². The van der Waals surface area contributed by atoms with Gasteiger partial charge in [-0.1, -0.05) is 6.07 Å². The zero-order valence-electron chi connectivity index (χ0n) is 8.75. The topological polar surface area (TPSA) is 38.4 Å². The van der Waals surface area contributed by atoms with E-state index in [4.69, 9.17) is 5.73 Å². The van der Waals surface area contributed by atoms with Crippen LogP contribution in [-0.4, -0.2) is 5.84 Å². The van der Waals surface area contributed by atoms with Gasteiger partial charge in [0.15, 0.2) is 0 Å². The maximum Gasteiger partial charge on any atom is 0.103 e. The molecule has 2 nitrogen and oxygen atoms in total. The molecule has 1 aliphatic carbocycles. The molecule has 0 aromatic heterocycles. The van der Waals surface area contributed by atoms with E-state index in [0.29, 0.717) is 5.92 Å². The Morgan fingerprint density at radius 2 is 2.00 bits per heavy atom. The van der Waals surface area contributed by atoms with Crippen LogP contribution in [0.25, 0.3) is 0 Å². The summed E-state index contributed by atoms with van der Waals surface area (Å²) in [6.45, 7) is 4.20. The van der Waals surface area contributed by atoms with Crippen LogP contribution < -0.4 is 5.73 Å². The zero-order valence-corrected chi connectivity index (χ0v) is 8.75. The van der Waals surface area contributed by atoms with E-state index in [2.05, 4.69) is 31.0 Å². The first-order chi connectivity index (χ1) is 6.66. The molecule has 0 heterocycles. The summed E-state index contributed by atoms with van der Waals surface area (Å²) in [4.78, 5) is 4.42. The molecule has 0 atom stereocenters. The first-order valence-electron chi connectivity index (χ1n) is 5.08. The van der Waals surface area contributed by atoms with E-state index in [0.717, 1.165) is 11.5 Å². The smallest absolute Gasteiger partial charge is 0.103 e. The Bertz CT molecular complexity index is 376. The quantitative estimate of drug-likeness (QED) is 0.562. The molecule has 0 spiro atoms. The highest BCUT2D eigenvalue weighted by atomic mass is 14.9. The van der Waals surface area contributed by atoms with Gasteiger partial charge in [-0.15, -0.1) is 0 Å². The predicted molar refractivity (Wildman–Crippen MR) is 59.9 cm³/mol. The van der Waals surface area contributed by atoms with Crippen molar-refractivity contribution >= 4 is 11.5 Å². The van der Waals surface area contributed by atoms with Crippen molar-refractivity contribution in [2.45, 2.75) is 26.7 Å². The fraction of sp³-hybridized carbons (Fsp3) is 0.417. The number of benzene rings is 1. The van der Waals surface area contributed by atoms with Crippen molar-refractivity contribution in [2.24, 2.45) is 16.6 Å². The van der Waals surface area contributed by atoms with Gasteiger partial charge in [0, 0.05) is 5.92 Å². The van der Waals surface area contributed by atoms with Crippen LogP contribution in [0.3, 0.4) is 0 Å².